The number of nitrogens with two attached hydrogens (primary N) is 1. The van der Waals surface area contributed by atoms with Crippen LogP contribution in [0.2, 0.25) is 0 Å². The molecule has 4 nitrogen and oxygen atoms in total. The molecule has 0 bridgehead atoms. The maximum absolute atomic E-state index is 11.0. The summed E-state index contributed by atoms with van der Waals surface area (Å²) in [6.07, 6.45) is -1.32. The molecule has 4 heteroatoms. The molecule has 0 aromatic heterocycles. The van der Waals surface area contributed by atoms with Crippen molar-refractivity contribution < 1.29 is 14.6 Å². The van der Waals surface area contributed by atoms with Gasteiger partial charge in [-0.1, -0.05) is 30.3 Å². The van der Waals surface area contributed by atoms with E-state index >= 15 is 0 Å². The van der Waals surface area contributed by atoms with Gasteiger partial charge in [-0.2, -0.15) is 0 Å². The second-order valence-corrected chi connectivity index (χ2v) is 2.90. The molecule has 1 aromatic rings. The van der Waals surface area contributed by atoms with Gasteiger partial charge in [-0.15, -0.1) is 0 Å². The highest BCUT2D eigenvalue weighted by Crippen LogP contribution is 2.14. The Morgan fingerprint density at radius 2 is 2.00 bits per heavy atom. The molecule has 0 heterocycles. The molecule has 1 aromatic carbocycles. The van der Waals surface area contributed by atoms with Crippen LogP contribution in [0.25, 0.3) is 0 Å². The van der Waals surface area contributed by atoms with Gasteiger partial charge < -0.3 is 15.6 Å². The zero-order valence-electron chi connectivity index (χ0n) is 7.88. The van der Waals surface area contributed by atoms with Gasteiger partial charge in [0.2, 0.25) is 0 Å². The smallest absolute Gasteiger partial charge is 0.336 e. The molecular weight excluding hydrogens is 182 g/mol. The van der Waals surface area contributed by atoms with Crippen LogP contribution >= 0.6 is 0 Å². The quantitative estimate of drug-likeness (QED) is 0.677. The number of esters is 1. The van der Waals surface area contributed by atoms with Crippen molar-refractivity contribution in [2.24, 2.45) is 5.73 Å². The maximum atomic E-state index is 11.0. The fourth-order valence-corrected chi connectivity index (χ4v) is 1.12. The largest absolute Gasteiger partial charge is 0.467 e. The minimum absolute atomic E-state index is 0.699. The van der Waals surface area contributed by atoms with Gasteiger partial charge in [0, 0.05) is 0 Å². The number of aliphatic hydroxyl groups is 1. The van der Waals surface area contributed by atoms with Crippen molar-refractivity contribution in [3.05, 3.63) is 35.9 Å². The summed E-state index contributed by atoms with van der Waals surface area (Å²) in [7, 11) is 1.21. The van der Waals surface area contributed by atoms with Crippen LogP contribution in [0.15, 0.2) is 30.3 Å². The third-order valence-corrected chi connectivity index (χ3v) is 1.97. The topological polar surface area (TPSA) is 72.5 Å². The Labute approximate surface area is 82.3 Å². The van der Waals surface area contributed by atoms with Gasteiger partial charge in [-0.3, -0.25) is 0 Å². The van der Waals surface area contributed by atoms with Crippen LogP contribution in [0.5, 0.6) is 0 Å². The Hall–Kier alpha value is -1.39. The first kappa shape index (κ1) is 10.7. The second kappa shape index (κ2) is 4.74. The monoisotopic (exact) mass is 195 g/mol. The van der Waals surface area contributed by atoms with Gasteiger partial charge in [0.25, 0.3) is 0 Å². The predicted octanol–water partition coefficient (Wildman–Crippen LogP) is 0.220. The maximum Gasteiger partial charge on any atom is 0.336 e. The van der Waals surface area contributed by atoms with Gasteiger partial charge in [0.1, 0.15) is 0 Å². The third-order valence-electron chi connectivity index (χ3n) is 1.97. The van der Waals surface area contributed by atoms with E-state index < -0.39 is 18.1 Å². The fraction of sp³-hybridized carbons (Fsp3) is 0.300. The summed E-state index contributed by atoms with van der Waals surface area (Å²) >= 11 is 0. The van der Waals surface area contributed by atoms with E-state index in [9.17, 15) is 9.90 Å². The number of methoxy groups -OCH3 is 1. The Morgan fingerprint density at radius 1 is 1.43 bits per heavy atom. The zero-order valence-corrected chi connectivity index (χ0v) is 7.88. The molecule has 3 N–H and O–H groups in total. The molecule has 1 rings (SSSR count). The van der Waals surface area contributed by atoms with E-state index in [4.69, 9.17) is 5.73 Å². The summed E-state index contributed by atoms with van der Waals surface area (Å²) in [5.74, 6) is -0.721. The van der Waals surface area contributed by atoms with Crippen LogP contribution in [0, 0.1) is 0 Å². The molecular formula is C10H13NO3. The molecule has 76 valence electrons. The number of hydrogen-bond acceptors (Lipinski definition) is 4. The number of benzene rings is 1. The first-order valence-electron chi connectivity index (χ1n) is 4.23. The number of carbonyl (C=O) groups is 1. The summed E-state index contributed by atoms with van der Waals surface area (Å²) in [4.78, 5) is 11.0. The average molecular weight is 195 g/mol. The van der Waals surface area contributed by atoms with E-state index in [1.165, 1.54) is 7.11 Å². The lowest BCUT2D eigenvalue weighted by molar-refractivity contribution is -0.151. The molecule has 14 heavy (non-hydrogen) atoms. The number of ether oxygens (including phenoxy) is 1. The van der Waals surface area contributed by atoms with Gasteiger partial charge in [0.05, 0.1) is 13.2 Å². The fourth-order valence-electron chi connectivity index (χ4n) is 1.12. The molecule has 0 fully saturated rings. The zero-order chi connectivity index (χ0) is 10.6. The highest BCUT2D eigenvalue weighted by Gasteiger charge is 2.24. The molecule has 0 spiro atoms. The van der Waals surface area contributed by atoms with Crippen LogP contribution < -0.4 is 5.73 Å². The standard InChI is InChI=1S/C10H13NO3/c1-14-10(13)9(12)8(11)7-5-3-2-4-6-7/h2-6,8-9,12H,11H2,1H3/t8-,9?/m0/s1. The summed E-state index contributed by atoms with van der Waals surface area (Å²) in [6.45, 7) is 0. The molecule has 0 aliphatic carbocycles. The molecule has 0 radical (unpaired) electrons. The van der Waals surface area contributed by atoms with Gasteiger partial charge >= 0.3 is 5.97 Å². The minimum atomic E-state index is -1.32. The Bertz CT molecular complexity index is 299. The summed E-state index contributed by atoms with van der Waals surface area (Å²) < 4.78 is 4.39. The van der Waals surface area contributed by atoms with Crippen LogP contribution in [0.4, 0.5) is 0 Å². The molecule has 1 unspecified atom stereocenters. The van der Waals surface area contributed by atoms with Crippen molar-refractivity contribution in [3.8, 4) is 0 Å². The number of carbonyl (C=O) groups excluding carboxylic acids is 1. The Balaban J connectivity index is 2.75. The number of hydrogen-bond donors (Lipinski definition) is 2. The first-order valence-corrected chi connectivity index (χ1v) is 4.23. The minimum Gasteiger partial charge on any atom is -0.467 e. The van der Waals surface area contributed by atoms with E-state index in [1.807, 2.05) is 6.07 Å². The van der Waals surface area contributed by atoms with Crippen molar-refractivity contribution in [1.29, 1.82) is 0 Å². The highest BCUT2D eigenvalue weighted by atomic mass is 16.5. The van der Waals surface area contributed by atoms with Crippen molar-refractivity contribution in [2.45, 2.75) is 12.1 Å². The highest BCUT2D eigenvalue weighted by molar-refractivity contribution is 5.75. The van der Waals surface area contributed by atoms with Crippen LogP contribution in [0.1, 0.15) is 11.6 Å². The van der Waals surface area contributed by atoms with Gasteiger partial charge in [-0.25, -0.2) is 4.79 Å². The normalized spacial score (nSPS) is 14.5. The Morgan fingerprint density at radius 3 is 2.50 bits per heavy atom. The van der Waals surface area contributed by atoms with E-state index in [0.717, 1.165) is 0 Å². The molecule has 0 aliphatic heterocycles. The van der Waals surface area contributed by atoms with E-state index in [2.05, 4.69) is 4.74 Å². The van der Waals surface area contributed by atoms with Crippen LogP contribution in [-0.4, -0.2) is 24.3 Å². The molecule has 0 amide bonds. The van der Waals surface area contributed by atoms with Gasteiger partial charge in [-0.05, 0) is 5.56 Å². The lowest BCUT2D eigenvalue weighted by Crippen LogP contribution is -2.34. The molecule has 0 saturated heterocycles. The first-order chi connectivity index (χ1) is 6.66. The summed E-state index contributed by atoms with van der Waals surface area (Å²) in [5, 5.41) is 9.44. The molecule has 2 atom stereocenters. The number of rotatable bonds is 3. The second-order valence-electron chi connectivity index (χ2n) is 2.90. The van der Waals surface area contributed by atoms with E-state index in [-0.39, 0.29) is 0 Å². The summed E-state index contributed by atoms with van der Waals surface area (Å²) in [6, 6.07) is 8.16. The van der Waals surface area contributed by atoms with Crippen LogP contribution in [-0.2, 0) is 9.53 Å². The summed E-state index contributed by atoms with van der Waals surface area (Å²) in [5.41, 5.74) is 6.36. The van der Waals surface area contributed by atoms with Crippen molar-refractivity contribution in [3.63, 3.8) is 0 Å². The van der Waals surface area contributed by atoms with Crippen molar-refractivity contribution in [2.75, 3.05) is 7.11 Å². The number of aliphatic hydroxyl groups excluding tert-OH is 1. The molecule has 0 saturated carbocycles. The lowest BCUT2D eigenvalue weighted by atomic mass is 10.0. The molecule has 0 aliphatic rings. The van der Waals surface area contributed by atoms with Gasteiger partial charge in [0.15, 0.2) is 6.10 Å². The van der Waals surface area contributed by atoms with E-state index in [1.54, 1.807) is 24.3 Å². The SMILES string of the molecule is COC(=O)C(O)[C@@H](N)c1ccccc1. The predicted molar refractivity (Wildman–Crippen MR) is 51.4 cm³/mol. The average Bonchev–Trinajstić information content (AvgIpc) is 2.27. The van der Waals surface area contributed by atoms with Crippen molar-refractivity contribution >= 4 is 5.97 Å². The third kappa shape index (κ3) is 2.31. The van der Waals surface area contributed by atoms with E-state index in [0.29, 0.717) is 5.56 Å². The van der Waals surface area contributed by atoms with Crippen molar-refractivity contribution in [1.82, 2.24) is 0 Å². The van der Waals surface area contributed by atoms with Crippen LogP contribution in [0.3, 0.4) is 0 Å². The lowest BCUT2D eigenvalue weighted by Gasteiger charge is -2.16. The Kier molecular flexibility index (Phi) is 3.62.